The number of cyclic esters (lactones) is 1. The lowest BCUT2D eigenvalue weighted by Crippen LogP contribution is -2.06. The third kappa shape index (κ3) is 3.70. The van der Waals surface area contributed by atoms with Crippen LogP contribution in [0.1, 0.15) is 11.1 Å². The summed E-state index contributed by atoms with van der Waals surface area (Å²) in [5.41, 5.74) is 1.56. The van der Waals surface area contributed by atoms with Gasteiger partial charge in [-0.2, -0.15) is 0 Å². The van der Waals surface area contributed by atoms with Crippen LogP contribution < -0.4 is 9.47 Å². The number of nitrogens with zero attached hydrogens (tertiary/aromatic N) is 1. The second-order valence-corrected chi connectivity index (χ2v) is 6.15. The Morgan fingerprint density at radius 2 is 2.04 bits per heavy atom. The molecule has 0 bridgehead atoms. The second kappa shape index (κ2) is 8.01. The lowest BCUT2D eigenvalue weighted by atomic mass is 10.1. The minimum atomic E-state index is -0.520. The number of aliphatic imine (C=N–C) groups is 1. The highest BCUT2D eigenvalue weighted by Crippen LogP contribution is 2.33. The molecule has 0 fully saturated rings. The fraction of sp³-hybridized carbons (Fsp3) is 0.100. The van der Waals surface area contributed by atoms with Gasteiger partial charge in [-0.05, 0) is 40.2 Å². The van der Waals surface area contributed by atoms with E-state index in [4.69, 9.17) is 14.2 Å². The van der Waals surface area contributed by atoms with Gasteiger partial charge in [0, 0.05) is 10.0 Å². The van der Waals surface area contributed by atoms with Crippen molar-refractivity contribution in [3.8, 4) is 11.5 Å². The summed E-state index contributed by atoms with van der Waals surface area (Å²) in [6.07, 6.45) is 3.25. The molecule has 0 radical (unpaired) electrons. The molecule has 5 nitrogen and oxygen atoms in total. The average molecular weight is 414 g/mol. The Morgan fingerprint density at radius 1 is 1.23 bits per heavy atom. The van der Waals surface area contributed by atoms with Gasteiger partial charge in [0.25, 0.3) is 0 Å². The molecule has 26 heavy (non-hydrogen) atoms. The molecular formula is C20H16BrNO4. The summed E-state index contributed by atoms with van der Waals surface area (Å²) in [6, 6.07) is 12.8. The van der Waals surface area contributed by atoms with Gasteiger partial charge >= 0.3 is 5.97 Å². The van der Waals surface area contributed by atoms with Crippen LogP contribution in [-0.4, -0.2) is 25.6 Å². The summed E-state index contributed by atoms with van der Waals surface area (Å²) in [4.78, 5) is 16.6. The third-order valence-corrected chi connectivity index (χ3v) is 4.28. The molecule has 1 aliphatic heterocycles. The number of hydrogen-bond acceptors (Lipinski definition) is 5. The molecule has 6 heteroatoms. The van der Waals surface area contributed by atoms with E-state index in [0.29, 0.717) is 29.2 Å². The molecule has 1 aliphatic rings. The smallest absolute Gasteiger partial charge is 0.363 e. The topological polar surface area (TPSA) is 57.1 Å². The number of para-hydroxylation sites is 1. The largest absolute Gasteiger partial charge is 0.493 e. The van der Waals surface area contributed by atoms with Gasteiger partial charge in [-0.25, -0.2) is 9.79 Å². The van der Waals surface area contributed by atoms with E-state index in [1.165, 1.54) is 0 Å². The Hall–Kier alpha value is -2.86. The molecule has 0 aromatic heterocycles. The van der Waals surface area contributed by atoms with Crippen molar-refractivity contribution in [2.45, 2.75) is 0 Å². The first-order valence-corrected chi connectivity index (χ1v) is 8.61. The van der Waals surface area contributed by atoms with Gasteiger partial charge in [0.15, 0.2) is 17.2 Å². The summed E-state index contributed by atoms with van der Waals surface area (Å²) in [5.74, 6) is 0.806. The standard InChI is InChI=1S/C20H16BrNO4/c1-3-11-25-18-13(7-6-10-17(18)24-2)12-16-20(23)26-19(22-16)14-8-4-5-9-15(14)21/h3-10,12H,1,11H2,2H3/b16-12-. The maximum atomic E-state index is 12.2. The van der Waals surface area contributed by atoms with Gasteiger partial charge in [-0.15, -0.1) is 0 Å². The van der Waals surface area contributed by atoms with Crippen LogP contribution in [0.4, 0.5) is 0 Å². The summed E-state index contributed by atoms with van der Waals surface area (Å²) in [6.45, 7) is 3.96. The first-order valence-electron chi connectivity index (χ1n) is 7.82. The molecule has 0 N–H and O–H groups in total. The Bertz CT molecular complexity index is 918. The van der Waals surface area contributed by atoms with Gasteiger partial charge in [0.1, 0.15) is 6.61 Å². The molecule has 3 rings (SSSR count). The summed E-state index contributed by atoms with van der Waals surface area (Å²) < 4.78 is 17.1. The lowest BCUT2D eigenvalue weighted by Gasteiger charge is -2.12. The first kappa shape index (κ1) is 17.9. The third-order valence-electron chi connectivity index (χ3n) is 3.59. The van der Waals surface area contributed by atoms with Gasteiger partial charge in [0.05, 0.1) is 12.7 Å². The highest BCUT2D eigenvalue weighted by Gasteiger charge is 2.26. The van der Waals surface area contributed by atoms with Gasteiger partial charge in [-0.1, -0.05) is 36.9 Å². The number of ether oxygens (including phenoxy) is 3. The van der Waals surface area contributed by atoms with E-state index in [9.17, 15) is 4.79 Å². The predicted octanol–water partition coefficient (Wildman–Crippen LogP) is 4.37. The summed E-state index contributed by atoms with van der Waals surface area (Å²) in [7, 11) is 1.56. The minimum absolute atomic E-state index is 0.187. The van der Waals surface area contributed by atoms with E-state index >= 15 is 0 Å². The normalized spacial score (nSPS) is 14.8. The zero-order valence-corrected chi connectivity index (χ0v) is 15.7. The number of carbonyl (C=O) groups is 1. The van der Waals surface area contributed by atoms with Crippen molar-refractivity contribution in [1.82, 2.24) is 0 Å². The second-order valence-electron chi connectivity index (χ2n) is 5.29. The molecule has 2 aromatic carbocycles. The lowest BCUT2D eigenvalue weighted by molar-refractivity contribution is -0.129. The van der Waals surface area contributed by atoms with Crippen molar-refractivity contribution in [3.63, 3.8) is 0 Å². The quantitative estimate of drug-likeness (QED) is 0.400. The maximum Gasteiger partial charge on any atom is 0.363 e. The van der Waals surface area contributed by atoms with Crippen molar-refractivity contribution in [2.75, 3.05) is 13.7 Å². The average Bonchev–Trinajstić information content (AvgIpc) is 3.01. The Morgan fingerprint density at radius 3 is 2.77 bits per heavy atom. The predicted molar refractivity (Wildman–Crippen MR) is 103 cm³/mol. The Balaban J connectivity index is 2.01. The van der Waals surface area contributed by atoms with Gasteiger partial charge in [0.2, 0.25) is 5.90 Å². The van der Waals surface area contributed by atoms with E-state index in [-0.39, 0.29) is 11.6 Å². The van der Waals surface area contributed by atoms with E-state index in [0.717, 1.165) is 4.47 Å². The number of benzene rings is 2. The zero-order chi connectivity index (χ0) is 18.5. The highest BCUT2D eigenvalue weighted by atomic mass is 79.9. The van der Waals surface area contributed by atoms with Crippen LogP contribution in [0.2, 0.25) is 0 Å². The monoisotopic (exact) mass is 413 g/mol. The Kier molecular flexibility index (Phi) is 5.53. The van der Waals surface area contributed by atoms with E-state index in [1.807, 2.05) is 36.4 Å². The van der Waals surface area contributed by atoms with Crippen molar-refractivity contribution < 1.29 is 19.0 Å². The van der Waals surface area contributed by atoms with Crippen LogP contribution in [0.25, 0.3) is 6.08 Å². The number of carbonyl (C=O) groups excluding carboxylic acids is 1. The molecular weight excluding hydrogens is 398 g/mol. The zero-order valence-electron chi connectivity index (χ0n) is 14.1. The number of methoxy groups -OCH3 is 1. The van der Waals surface area contributed by atoms with Crippen molar-refractivity contribution >= 4 is 33.9 Å². The molecule has 0 saturated heterocycles. The summed E-state index contributed by atoms with van der Waals surface area (Å²) in [5, 5.41) is 0. The number of esters is 1. The summed E-state index contributed by atoms with van der Waals surface area (Å²) >= 11 is 3.43. The molecule has 0 spiro atoms. The number of halogens is 1. The van der Waals surface area contributed by atoms with Crippen LogP contribution in [0.15, 0.2) is 70.3 Å². The molecule has 0 aliphatic carbocycles. The van der Waals surface area contributed by atoms with Gasteiger partial charge in [-0.3, -0.25) is 0 Å². The van der Waals surface area contributed by atoms with E-state index in [1.54, 1.807) is 25.3 Å². The van der Waals surface area contributed by atoms with Crippen molar-refractivity contribution in [3.05, 3.63) is 76.4 Å². The molecule has 0 saturated carbocycles. The van der Waals surface area contributed by atoms with Crippen molar-refractivity contribution in [1.29, 1.82) is 0 Å². The fourth-order valence-electron chi connectivity index (χ4n) is 2.41. The van der Waals surface area contributed by atoms with Crippen LogP contribution in [0.3, 0.4) is 0 Å². The fourth-order valence-corrected chi connectivity index (χ4v) is 2.86. The minimum Gasteiger partial charge on any atom is -0.493 e. The van der Waals surface area contributed by atoms with Crippen LogP contribution in [-0.2, 0) is 9.53 Å². The van der Waals surface area contributed by atoms with Gasteiger partial charge < -0.3 is 14.2 Å². The Labute approximate surface area is 159 Å². The molecule has 0 amide bonds. The highest BCUT2D eigenvalue weighted by molar-refractivity contribution is 9.10. The molecule has 0 unspecified atom stereocenters. The maximum absolute atomic E-state index is 12.2. The molecule has 0 atom stereocenters. The van der Waals surface area contributed by atoms with Crippen molar-refractivity contribution in [2.24, 2.45) is 4.99 Å². The van der Waals surface area contributed by atoms with E-state index in [2.05, 4.69) is 27.5 Å². The van der Waals surface area contributed by atoms with Crippen LogP contribution in [0.5, 0.6) is 11.5 Å². The van der Waals surface area contributed by atoms with E-state index < -0.39 is 5.97 Å². The SMILES string of the molecule is C=CCOc1c(/C=C2\N=C(c3ccccc3Br)OC2=O)cccc1OC. The molecule has 132 valence electrons. The van der Waals surface area contributed by atoms with Crippen LogP contribution >= 0.6 is 15.9 Å². The molecule has 1 heterocycles. The number of hydrogen-bond donors (Lipinski definition) is 0. The first-order chi connectivity index (χ1) is 12.6. The number of rotatable bonds is 6. The molecule has 2 aromatic rings. The van der Waals surface area contributed by atoms with Crippen LogP contribution in [0, 0.1) is 0 Å².